The fourth-order valence-corrected chi connectivity index (χ4v) is 1.89. The summed E-state index contributed by atoms with van der Waals surface area (Å²) in [6.07, 6.45) is 3.77. The van der Waals surface area contributed by atoms with Crippen molar-refractivity contribution in [3.63, 3.8) is 0 Å². The molecule has 0 amide bonds. The molecule has 0 saturated carbocycles. The fraction of sp³-hybridized carbons (Fsp3) is 0.889. The SMILES string of the molecule is C=NCCC[C@H](I)C(C)CC. The third-order valence-electron chi connectivity index (χ3n) is 2.06. The van der Waals surface area contributed by atoms with Gasteiger partial charge in [0.15, 0.2) is 0 Å². The Hall–Kier alpha value is 0.400. The monoisotopic (exact) mass is 267 g/mol. The molecule has 0 saturated heterocycles. The molecular weight excluding hydrogens is 249 g/mol. The van der Waals surface area contributed by atoms with E-state index >= 15 is 0 Å². The van der Waals surface area contributed by atoms with Crippen LogP contribution in [0.25, 0.3) is 0 Å². The lowest BCUT2D eigenvalue weighted by molar-refractivity contribution is 0.517. The van der Waals surface area contributed by atoms with Crippen LogP contribution in [0.3, 0.4) is 0 Å². The van der Waals surface area contributed by atoms with Gasteiger partial charge in [-0.05, 0) is 25.5 Å². The van der Waals surface area contributed by atoms with Crippen molar-refractivity contribution in [2.24, 2.45) is 10.9 Å². The molecule has 0 aromatic carbocycles. The van der Waals surface area contributed by atoms with Crippen LogP contribution in [-0.2, 0) is 0 Å². The summed E-state index contributed by atoms with van der Waals surface area (Å²) in [4.78, 5) is 3.84. The minimum atomic E-state index is 0.819. The van der Waals surface area contributed by atoms with E-state index in [0.29, 0.717) is 0 Å². The molecule has 0 aromatic heterocycles. The van der Waals surface area contributed by atoms with Crippen molar-refractivity contribution in [3.8, 4) is 0 Å². The van der Waals surface area contributed by atoms with Crippen LogP contribution in [0.15, 0.2) is 4.99 Å². The lowest BCUT2D eigenvalue weighted by Crippen LogP contribution is -2.09. The van der Waals surface area contributed by atoms with Crippen molar-refractivity contribution in [2.75, 3.05) is 6.54 Å². The molecular formula is C9H18IN. The van der Waals surface area contributed by atoms with Crippen LogP contribution in [0.2, 0.25) is 0 Å². The first-order valence-electron chi connectivity index (χ1n) is 4.28. The number of hydrogen-bond donors (Lipinski definition) is 0. The third kappa shape index (κ3) is 5.65. The van der Waals surface area contributed by atoms with E-state index in [-0.39, 0.29) is 0 Å². The molecule has 11 heavy (non-hydrogen) atoms. The second-order valence-corrected chi connectivity index (χ2v) is 4.59. The van der Waals surface area contributed by atoms with Gasteiger partial charge >= 0.3 is 0 Å². The van der Waals surface area contributed by atoms with Crippen molar-refractivity contribution in [1.82, 2.24) is 0 Å². The lowest BCUT2D eigenvalue weighted by atomic mass is 10.0. The summed E-state index contributed by atoms with van der Waals surface area (Å²) in [5.41, 5.74) is 0. The van der Waals surface area contributed by atoms with Crippen LogP contribution in [0, 0.1) is 5.92 Å². The maximum absolute atomic E-state index is 3.84. The van der Waals surface area contributed by atoms with Gasteiger partial charge in [-0.1, -0.05) is 42.9 Å². The molecule has 2 atom stereocenters. The van der Waals surface area contributed by atoms with Gasteiger partial charge < -0.3 is 4.99 Å². The minimum Gasteiger partial charge on any atom is -0.301 e. The van der Waals surface area contributed by atoms with Crippen LogP contribution in [0.4, 0.5) is 0 Å². The van der Waals surface area contributed by atoms with E-state index in [0.717, 1.165) is 16.4 Å². The van der Waals surface area contributed by atoms with Crippen LogP contribution < -0.4 is 0 Å². The Bertz CT molecular complexity index is 104. The summed E-state index contributed by atoms with van der Waals surface area (Å²) in [6, 6.07) is 0. The molecule has 0 radical (unpaired) electrons. The van der Waals surface area contributed by atoms with E-state index < -0.39 is 0 Å². The van der Waals surface area contributed by atoms with Gasteiger partial charge in [-0.15, -0.1) is 0 Å². The van der Waals surface area contributed by atoms with Crippen LogP contribution >= 0.6 is 22.6 Å². The fourth-order valence-electron chi connectivity index (χ4n) is 0.938. The standard InChI is InChI=1S/C9H18IN/c1-4-8(2)9(10)6-5-7-11-3/h8-9H,3-7H2,1-2H3/t8?,9-/m0/s1. The second-order valence-electron chi connectivity index (χ2n) is 2.99. The number of nitrogens with zero attached hydrogens (tertiary/aromatic N) is 1. The smallest absolute Gasteiger partial charge is 0.0382 e. The number of rotatable bonds is 6. The molecule has 0 aromatic rings. The zero-order valence-corrected chi connectivity index (χ0v) is 9.67. The Morgan fingerprint density at radius 3 is 2.64 bits per heavy atom. The van der Waals surface area contributed by atoms with Crippen molar-refractivity contribution >= 4 is 29.3 Å². The van der Waals surface area contributed by atoms with Gasteiger partial charge in [0.25, 0.3) is 0 Å². The predicted octanol–water partition coefficient (Wildman–Crippen LogP) is 3.32. The topological polar surface area (TPSA) is 12.4 Å². The molecule has 66 valence electrons. The molecule has 0 fully saturated rings. The Labute approximate surface area is 83.8 Å². The molecule has 0 bridgehead atoms. The number of alkyl halides is 1. The first kappa shape index (κ1) is 11.4. The Morgan fingerprint density at radius 1 is 1.55 bits per heavy atom. The highest BCUT2D eigenvalue weighted by atomic mass is 127. The lowest BCUT2D eigenvalue weighted by Gasteiger charge is -2.15. The largest absolute Gasteiger partial charge is 0.301 e. The van der Waals surface area contributed by atoms with Crippen LogP contribution in [0.1, 0.15) is 33.1 Å². The zero-order chi connectivity index (χ0) is 8.69. The third-order valence-corrected chi connectivity index (χ3v) is 3.91. The summed E-state index contributed by atoms with van der Waals surface area (Å²) in [6.45, 7) is 8.97. The van der Waals surface area contributed by atoms with Gasteiger partial charge in [0.05, 0.1) is 0 Å². The predicted molar refractivity (Wildman–Crippen MR) is 60.9 cm³/mol. The van der Waals surface area contributed by atoms with Gasteiger partial charge in [0, 0.05) is 10.5 Å². The Balaban J connectivity index is 3.34. The minimum absolute atomic E-state index is 0.819. The van der Waals surface area contributed by atoms with Gasteiger partial charge in [0.2, 0.25) is 0 Å². The average Bonchev–Trinajstić information content (AvgIpc) is 2.03. The molecule has 0 aliphatic carbocycles. The first-order valence-corrected chi connectivity index (χ1v) is 5.53. The summed E-state index contributed by atoms with van der Waals surface area (Å²) in [5.74, 6) is 0.848. The number of hydrogen-bond acceptors (Lipinski definition) is 1. The Kier molecular flexibility index (Phi) is 7.33. The van der Waals surface area contributed by atoms with Crippen molar-refractivity contribution in [2.45, 2.75) is 37.0 Å². The molecule has 0 heterocycles. The summed E-state index contributed by atoms with van der Waals surface area (Å²) in [5, 5.41) is 0. The highest BCUT2D eigenvalue weighted by Crippen LogP contribution is 2.21. The van der Waals surface area contributed by atoms with Gasteiger partial charge in [-0.2, -0.15) is 0 Å². The summed E-state index contributed by atoms with van der Waals surface area (Å²) < 4.78 is 0.819. The zero-order valence-electron chi connectivity index (χ0n) is 7.52. The quantitative estimate of drug-likeness (QED) is 0.303. The number of aliphatic imine (C=N–C) groups is 1. The normalized spacial score (nSPS) is 15.9. The first-order chi connectivity index (χ1) is 5.22. The molecule has 0 aliphatic rings. The van der Waals surface area contributed by atoms with Crippen molar-refractivity contribution in [1.29, 1.82) is 0 Å². The van der Waals surface area contributed by atoms with E-state index in [4.69, 9.17) is 0 Å². The molecule has 0 rings (SSSR count). The van der Waals surface area contributed by atoms with Crippen molar-refractivity contribution < 1.29 is 0 Å². The summed E-state index contributed by atoms with van der Waals surface area (Å²) in [7, 11) is 0. The van der Waals surface area contributed by atoms with Gasteiger partial charge in [-0.25, -0.2) is 0 Å². The van der Waals surface area contributed by atoms with E-state index in [1.807, 2.05) is 0 Å². The maximum atomic E-state index is 3.84. The highest BCUT2D eigenvalue weighted by Gasteiger charge is 2.10. The van der Waals surface area contributed by atoms with E-state index in [9.17, 15) is 0 Å². The van der Waals surface area contributed by atoms with Crippen LogP contribution in [0.5, 0.6) is 0 Å². The van der Waals surface area contributed by atoms with Gasteiger partial charge in [0.1, 0.15) is 0 Å². The molecule has 0 spiro atoms. The van der Waals surface area contributed by atoms with Gasteiger partial charge in [-0.3, -0.25) is 0 Å². The summed E-state index contributed by atoms with van der Waals surface area (Å²) >= 11 is 2.55. The van der Waals surface area contributed by atoms with E-state index in [1.54, 1.807) is 0 Å². The van der Waals surface area contributed by atoms with Crippen LogP contribution in [-0.4, -0.2) is 17.2 Å². The average molecular weight is 267 g/mol. The van der Waals surface area contributed by atoms with Crippen molar-refractivity contribution in [3.05, 3.63) is 0 Å². The second kappa shape index (κ2) is 7.07. The molecule has 0 aliphatic heterocycles. The molecule has 2 heteroatoms. The maximum Gasteiger partial charge on any atom is 0.0382 e. The molecule has 0 N–H and O–H groups in total. The molecule has 1 nitrogen and oxygen atoms in total. The Morgan fingerprint density at radius 2 is 2.18 bits per heavy atom. The highest BCUT2D eigenvalue weighted by molar-refractivity contribution is 14.1. The van der Waals surface area contributed by atoms with E-state index in [2.05, 4.69) is 48.1 Å². The van der Waals surface area contributed by atoms with E-state index in [1.165, 1.54) is 19.3 Å². The molecule has 1 unspecified atom stereocenters. The number of halogens is 1.